The normalized spacial score (nSPS) is 12.2. The van der Waals surface area contributed by atoms with E-state index in [0.717, 1.165) is 30.6 Å². The van der Waals surface area contributed by atoms with Crippen LogP contribution in [-0.4, -0.2) is 11.9 Å². The predicted molar refractivity (Wildman–Crippen MR) is 79.4 cm³/mol. The lowest BCUT2D eigenvalue weighted by Crippen LogP contribution is -2.34. The van der Waals surface area contributed by atoms with Gasteiger partial charge >= 0.3 is 0 Å². The Balaban J connectivity index is 2.59. The molecule has 0 aliphatic carbocycles. The van der Waals surface area contributed by atoms with Crippen LogP contribution in [0, 0.1) is 0 Å². The highest BCUT2D eigenvalue weighted by Crippen LogP contribution is 2.11. The highest BCUT2D eigenvalue weighted by atomic mass is 32.1. The molecule has 0 bridgehead atoms. The van der Waals surface area contributed by atoms with Gasteiger partial charge in [-0.2, -0.15) is 0 Å². The van der Waals surface area contributed by atoms with Crippen molar-refractivity contribution in [2.45, 2.75) is 56.9 Å². The molecule has 0 saturated carbocycles. The lowest BCUT2D eigenvalue weighted by Gasteiger charge is -2.18. The first-order chi connectivity index (χ1) is 8.67. The zero-order chi connectivity index (χ0) is 13.4. The highest BCUT2D eigenvalue weighted by molar-refractivity contribution is 7.80. The van der Waals surface area contributed by atoms with Gasteiger partial charge < -0.3 is 5.32 Å². The summed E-state index contributed by atoms with van der Waals surface area (Å²) in [5.74, 6) is 0.0143. The Morgan fingerprint density at radius 2 is 2.06 bits per heavy atom. The summed E-state index contributed by atoms with van der Waals surface area (Å²) in [5.41, 5.74) is 0.695. The van der Waals surface area contributed by atoms with Gasteiger partial charge in [0, 0.05) is 16.5 Å². The van der Waals surface area contributed by atoms with E-state index in [1.165, 1.54) is 6.42 Å². The maximum atomic E-state index is 12.1. The molecule has 2 nitrogen and oxygen atoms in total. The molecule has 0 saturated heterocycles. The van der Waals surface area contributed by atoms with Gasteiger partial charge in [0.1, 0.15) is 0 Å². The number of amides is 1. The Morgan fingerprint density at radius 1 is 1.28 bits per heavy atom. The van der Waals surface area contributed by atoms with E-state index >= 15 is 0 Å². The monoisotopic (exact) mass is 265 g/mol. The number of benzene rings is 1. The Bertz CT molecular complexity index is 379. The van der Waals surface area contributed by atoms with Crippen molar-refractivity contribution < 1.29 is 4.79 Å². The topological polar surface area (TPSA) is 29.1 Å². The van der Waals surface area contributed by atoms with Gasteiger partial charge in [-0.25, -0.2) is 0 Å². The minimum atomic E-state index is 0.0143. The van der Waals surface area contributed by atoms with Crippen LogP contribution >= 0.6 is 12.6 Å². The minimum absolute atomic E-state index is 0.0143. The number of thiol groups is 1. The third-order valence-electron chi connectivity index (χ3n) is 2.99. The Kier molecular flexibility index (Phi) is 6.88. The van der Waals surface area contributed by atoms with Crippen molar-refractivity contribution in [2.24, 2.45) is 0 Å². The van der Waals surface area contributed by atoms with E-state index in [4.69, 9.17) is 0 Å². The van der Waals surface area contributed by atoms with Crippen molar-refractivity contribution in [3.05, 3.63) is 29.8 Å². The highest BCUT2D eigenvalue weighted by Gasteiger charge is 2.12. The number of carbonyl (C=O) groups is 1. The molecule has 0 radical (unpaired) electrons. The number of hydrogen-bond acceptors (Lipinski definition) is 2. The number of unbranched alkanes of at least 4 members (excludes halogenated alkanes) is 1. The van der Waals surface area contributed by atoms with Crippen molar-refractivity contribution >= 4 is 18.5 Å². The first kappa shape index (κ1) is 15.1. The molecule has 1 rings (SSSR count). The molecule has 0 heterocycles. The summed E-state index contributed by atoms with van der Waals surface area (Å²) in [5, 5.41) is 3.12. The molecule has 100 valence electrons. The SMILES string of the molecule is CCCCC(CCC)NC(=O)c1cccc(S)c1. The molecular weight excluding hydrogens is 242 g/mol. The number of hydrogen-bond donors (Lipinski definition) is 2. The zero-order valence-corrected chi connectivity index (χ0v) is 12.2. The van der Waals surface area contributed by atoms with Crippen LogP contribution in [0.25, 0.3) is 0 Å². The van der Waals surface area contributed by atoms with Gasteiger partial charge in [-0.15, -0.1) is 12.6 Å². The lowest BCUT2D eigenvalue weighted by atomic mass is 10.0. The zero-order valence-electron chi connectivity index (χ0n) is 11.3. The molecular formula is C15H23NOS. The minimum Gasteiger partial charge on any atom is -0.349 e. The smallest absolute Gasteiger partial charge is 0.251 e. The Hall–Kier alpha value is -0.960. The molecule has 1 N–H and O–H groups in total. The van der Waals surface area contributed by atoms with E-state index in [1.807, 2.05) is 18.2 Å². The molecule has 18 heavy (non-hydrogen) atoms. The quantitative estimate of drug-likeness (QED) is 0.715. The molecule has 1 aromatic carbocycles. The van der Waals surface area contributed by atoms with E-state index in [2.05, 4.69) is 31.8 Å². The molecule has 1 unspecified atom stereocenters. The fourth-order valence-corrected chi connectivity index (χ4v) is 2.23. The van der Waals surface area contributed by atoms with Crippen LogP contribution < -0.4 is 5.32 Å². The summed E-state index contributed by atoms with van der Waals surface area (Å²) in [4.78, 5) is 12.9. The van der Waals surface area contributed by atoms with E-state index in [-0.39, 0.29) is 5.91 Å². The van der Waals surface area contributed by atoms with Crippen LogP contribution in [-0.2, 0) is 0 Å². The molecule has 0 spiro atoms. The van der Waals surface area contributed by atoms with Gasteiger partial charge in [0.15, 0.2) is 0 Å². The Morgan fingerprint density at radius 3 is 2.67 bits per heavy atom. The van der Waals surface area contributed by atoms with Gasteiger partial charge in [-0.3, -0.25) is 4.79 Å². The Labute approximate surface area is 116 Å². The second-order valence-electron chi connectivity index (χ2n) is 4.65. The third kappa shape index (κ3) is 5.13. The standard InChI is InChI=1S/C15H23NOS/c1-3-5-9-13(7-4-2)16-15(17)12-8-6-10-14(18)11-12/h6,8,10-11,13,18H,3-5,7,9H2,1-2H3,(H,16,17). The third-order valence-corrected chi connectivity index (χ3v) is 3.27. The van der Waals surface area contributed by atoms with Crippen molar-refractivity contribution in [2.75, 3.05) is 0 Å². The number of carbonyl (C=O) groups excluding carboxylic acids is 1. The molecule has 0 aliphatic rings. The molecule has 0 aliphatic heterocycles. The number of rotatable bonds is 7. The molecule has 1 atom stereocenters. The average molecular weight is 265 g/mol. The van der Waals surface area contributed by atoms with Crippen LogP contribution in [0.5, 0.6) is 0 Å². The predicted octanol–water partition coefficient (Wildman–Crippen LogP) is 4.06. The largest absolute Gasteiger partial charge is 0.349 e. The maximum absolute atomic E-state index is 12.1. The van der Waals surface area contributed by atoms with Crippen molar-refractivity contribution in [3.63, 3.8) is 0 Å². The van der Waals surface area contributed by atoms with Gasteiger partial charge in [0.2, 0.25) is 0 Å². The lowest BCUT2D eigenvalue weighted by molar-refractivity contribution is 0.0932. The maximum Gasteiger partial charge on any atom is 0.251 e. The summed E-state index contributed by atoms with van der Waals surface area (Å²) in [7, 11) is 0. The molecule has 3 heteroatoms. The van der Waals surface area contributed by atoms with Crippen molar-refractivity contribution in [1.82, 2.24) is 5.32 Å². The first-order valence-electron chi connectivity index (χ1n) is 6.77. The molecule has 1 amide bonds. The number of nitrogens with one attached hydrogen (secondary N) is 1. The fraction of sp³-hybridized carbons (Fsp3) is 0.533. The summed E-state index contributed by atoms with van der Waals surface area (Å²) < 4.78 is 0. The van der Waals surface area contributed by atoms with E-state index in [0.29, 0.717) is 11.6 Å². The van der Waals surface area contributed by atoms with Crippen LogP contribution in [0.15, 0.2) is 29.2 Å². The van der Waals surface area contributed by atoms with E-state index < -0.39 is 0 Å². The van der Waals surface area contributed by atoms with Crippen molar-refractivity contribution in [3.8, 4) is 0 Å². The van der Waals surface area contributed by atoms with E-state index in [1.54, 1.807) is 6.07 Å². The molecule has 1 aromatic rings. The van der Waals surface area contributed by atoms with Gasteiger partial charge in [-0.05, 0) is 31.0 Å². The second-order valence-corrected chi connectivity index (χ2v) is 5.17. The van der Waals surface area contributed by atoms with Crippen LogP contribution in [0.3, 0.4) is 0 Å². The van der Waals surface area contributed by atoms with Crippen LogP contribution in [0.2, 0.25) is 0 Å². The average Bonchev–Trinajstić information content (AvgIpc) is 2.36. The van der Waals surface area contributed by atoms with Crippen molar-refractivity contribution in [1.29, 1.82) is 0 Å². The summed E-state index contributed by atoms with van der Waals surface area (Å²) in [6.07, 6.45) is 5.55. The van der Waals surface area contributed by atoms with Gasteiger partial charge in [0.05, 0.1) is 0 Å². The van der Waals surface area contributed by atoms with Gasteiger partial charge in [-0.1, -0.05) is 39.2 Å². The second kappa shape index (κ2) is 8.20. The van der Waals surface area contributed by atoms with Gasteiger partial charge in [0.25, 0.3) is 5.91 Å². The van der Waals surface area contributed by atoms with Crippen LogP contribution in [0.1, 0.15) is 56.3 Å². The molecule has 0 fully saturated rings. The molecule has 0 aromatic heterocycles. The summed E-state index contributed by atoms with van der Waals surface area (Å²) >= 11 is 4.26. The first-order valence-corrected chi connectivity index (χ1v) is 7.22. The fourth-order valence-electron chi connectivity index (χ4n) is 2.00. The van der Waals surface area contributed by atoms with Crippen LogP contribution in [0.4, 0.5) is 0 Å². The summed E-state index contributed by atoms with van der Waals surface area (Å²) in [6, 6.07) is 7.67. The summed E-state index contributed by atoms with van der Waals surface area (Å²) in [6.45, 7) is 4.33. The van der Waals surface area contributed by atoms with E-state index in [9.17, 15) is 4.79 Å².